The van der Waals surface area contributed by atoms with Crippen molar-refractivity contribution in [2.75, 3.05) is 13.7 Å². The van der Waals surface area contributed by atoms with E-state index in [-0.39, 0.29) is 0 Å². The lowest BCUT2D eigenvalue weighted by atomic mass is 9.86. The van der Waals surface area contributed by atoms with E-state index >= 15 is 0 Å². The quantitative estimate of drug-likeness (QED) is 0.558. The summed E-state index contributed by atoms with van der Waals surface area (Å²) in [7, 11) is 1.62. The van der Waals surface area contributed by atoms with Crippen molar-refractivity contribution in [2.24, 2.45) is 16.2 Å². The normalized spacial score (nSPS) is 15.5. The first kappa shape index (κ1) is 19.3. The molecule has 0 saturated heterocycles. The van der Waals surface area contributed by atoms with E-state index in [0.717, 1.165) is 0 Å². The fourth-order valence-corrected chi connectivity index (χ4v) is 1.83. The molecule has 0 atom stereocenters. The first-order valence-electron chi connectivity index (χ1n) is 6.91. The zero-order valence-electron chi connectivity index (χ0n) is 12.7. The van der Waals surface area contributed by atoms with E-state index in [1.165, 1.54) is 37.8 Å². The van der Waals surface area contributed by atoms with Gasteiger partial charge in [0, 0.05) is 12.6 Å². The molecule has 0 unspecified atom stereocenters. The van der Waals surface area contributed by atoms with Crippen molar-refractivity contribution in [1.29, 1.82) is 0 Å². The van der Waals surface area contributed by atoms with Gasteiger partial charge in [0.25, 0.3) is 0 Å². The maximum Gasteiger partial charge on any atom is 0.114 e. The summed E-state index contributed by atoms with van der Waals surface area (Å²) >= 11 is 0. The van der Waals surface area contributed by atoms with Gasteiger partial charge >= 0.3 is 0 Å². The lowest BCUT2D eigenvalue weighted by Gasteiger charge is -2.20. The van der Waals surface area contributed by atoms with Crippen molar-refractivity contribution in [3.63, 3.8) is 0 Å². The molecule has 1 aliphatic carbocycles. The first-order valence-corrected chi connectivity index (χ1v) is 6.91. The fraction of sp³-hybridized carbons (Fsp3) is 0.857. The van der Waals surface area contributed by atoms with E-state index in [1.54, 1.807) is 7.11 Å². The van der Waals surface area contributed by atoms with Gasteiger partial charge in [-0.15, -0.1) is 5.16 Å². The second-order valence-electron chi connectivity index (χ2n) is 3.80. The zero-order chi connectivity index (χ0) is 14.2. The summed E-state index contributed by atoms with van der Waals surface area (Å²) in [6.07, 6.45) is 6.73. The van der Waals surface area contributed by atoms with Gasteiger partial charge in [-0.1, -0.05) is 38.3 Å². The van der Waals surface area contributed by atoms with Crippen LogP contribution >= 0.6 is 0 Å². The summed E-state index contributed by atoms with van der Waals surface area (Å²) in [5, 5.41) is 7.07. The number of nitrogens with zero attached hydrogens (tertiary/aromatic N) is 2. The van der Waals surface area contributed by atoms with E-state index in [4.69, 9.17) is 4.84 Å². The minimum atomic E-state index is 0.615. The highest BCUT2D eigenvalue weighted by atomic mass is 16.6. The minimum absolute atomic E-state index is 0.615. The van der Waals surface area contributed by atoms with Crippen LogP contribution in [0.25, 0.3) is 0 Å². The molecule has 0 radical (unpaired) electrons. The van der Waals surface area contributed by atoms with Crippen molar-refractivity contribution in [3.05, 3.63) is 0 Å². The van der Waals surface area contributed by atoms with E-state index in [1.807, 2.05) is 20.8 Å². The van der Waals surface area contributed by atoms with E-state index < -0.39 is 0 Å². The average Bonchev–Trinajstić information content (AvgIpc) is 2.44. The Morgan fingerprint density at radius 3 is 2.11 bits per heavy atom. The molecular weight excluding hydrogens is 228 g/mol. The average molecular weight is 258 g/mol. The lowest BCUT2D eigenvalue weighted by molar-refractivity contribution is 0.161. The number of hydrogen-bond acceptors (Lipinski definition) is 4. The molecule has 1 fully saturated rings. The molecule has 0 spiro atoms. The second-order valence-corrected chi connectivity index (χ2v) is 3.80. The molecule has 18 heavy (non-hydrogen) atoms. The molecule has 0 heterocycles. The van der Waals surface area contributed by atoms with Crippen molar-refractivity contribution >= 4 is 12.4 Å². The van der Waals surface area contributed by atoms with E-state index in [0.29, 0.717) is 12.5 Å². The Hall–Kier alpha value is -1.06. The van der Waals surface area contributed by atoms with Crippen molar-refractivity contribution in [1.82, 2.24) is 0 Å². The summed E-state index contributed by atoms with van der Waals surface area (Å²) in [4.78, 5) is 9.09. The molecule has 4 heteroatoms. The molecule has 0 aliphatic heterocycles. The Morgan fingerprint density at radius 2 is 1.78 bits per heavy atom. The van der Waals surface area contributed by atoms with Gasteiger partial charge in [-0.05, 0) is 26.7 Å². The maximum atomic E-state index is 4.74. The Labute approximate surface area is 112 Å². The predicted molar refractivity (Wildman–Crippen MR) is 79.2 cm³/mol. The van der Waals surface area contributed by atoms with Crippen LogP contribution in [-0.4, -0.2) is 26.1 Å². The molecule has 108 valence electrons. The van der Waals surface area contributed by atoms with Crippen LogP contribution in [0.4, 0.5) is 0 Å². The lowest BCUT2D eigenvalue weighted by Crippen LogP contribution is -2.14. The molecule has 0 aromatic rings. The molecule has 4 nitrogen and oxygen atoms in total. The van der Waals surface area contributed by atoms with Gasteiger partial charge in [-0.2, -0.15) is 0 Å². The van der Waals surface area contributed by atoms with Crippen molar-refractivity contribution in [3.8, 4) is 0 Å². The first-order chi connectivity index (χ1) is 8.76. The zero-order valence-corrected chi connectivity index (χ0v) is 12.7. The van der Waals surface area contributed by atoms with Crippen LogP contribution < -0.4 is 0 Å². The highest BCUT2D eigenvalue weighted by Gasteiger charge is 2.15. The van der Waals surface area contributed by atoms with Gasteiger partial charge in [0.15, 0.2) is 0 Å². The molecule has 0 bridgehead atoms. The van der Waals surface area contributed by atoms with Crippen LogP contribution in [0.3, 0.4) is 0 Å². The Morgan fingerprint density at radius 1 is 1.22 bits per heavy atom. The van der Waals surface area contributed by atoms with Gasteiger partial charge in [0.1, 0.15) is 13.7 Å². The van der Waals surface area contributed by atoms with Crippen LogP contribution in [-0.2, 0) is 9.68 Å². The standard InChI is InChI=1S/C9H17NO.C3H7NO.C2H6/c1-8(10-11-2)9-6-4-3-5-7-9;1-3-5-4-2;1-2/h9H,3-7H2,1-2H3;2-3H2,1H3;1-2H3/b10-8+;;. The molecule has 0 amide bonds. The molecule has 1 saturated carbocycles. The van der Waals surface area contributed by atoms with Crippen LogP contribution in [0.1, 0.15) is 59.8 Å². The minimum Gasteiger partial charge on any atom is -0.399 e. The van der Waals surface area contributed by atoms with Gasteiger partial charge in [-0.25, -0.2) is 0 Å². The highest BCUT2D eigenvalue weighted by molar-refractivity contribution is 5.83. The van der Waals surface area contributed by atoms with E-state index in [9.17, 15) is 0 Å². The smallest absolute Gasteiger partial charge is 0.114 e. The number of oxime groups is 2. The Kier molecular flexibility index (Phi) is 17.1. The van der Waals surface area contributed by atoms with Gasteiger partial charge in [-0.3, -0.25) is 0 Å². The number of rotatable bonds is 4. The van der Waals surface area contributed by atoms with E-state index in [2.05, 4.69) is 28.8 Å². The van der Waals surface area contributed by atoms with Crippen LogP contribution in [0.2, 0.25) is 0 Å². The monoisotopic (exact) mass is 258 g/mol. The summed E-state index contributed by atoms with van der Waals surface area (Å²) in [5.74, 6) is 0.698. The molecule has 1 rings (SSSR count). The summed E-state index contributed by atoms with van der Waals surface area (Å²) in [5.41, 5.74) is 1.17. The summed E-state index contributed by atoms with van der Waals surface area (Å²) in [6, 6.07) is 0. The van der Waals surface area contributed by atoms with Crippen LogP contribution in [0, 0.1) is 5.92 Å². The van der Waals surface area contributed by atoms with Gasteiger partial charge in [0.2, 0.25) is 0 Å². The summed E-state index contributed by atoms with van der Waals surface area (Å²) < 4.78 is 0. The van der Waals surface area contributed by atoms with Crippen molar-refractivity contribution in [2.45, 2.75) is 59.8 Å². The predicted octanol–water partition coefficient (Wildman–Crippen LogP) is 4.25. The molecular formula is C14H30N2O2. The van der Waals surface area contributed by atoms with Crippen molar-refractivity contribution < 1.29 is 9.68 Å². The molecule has 0 N–H and O–H groups in total. The SMILES string of the molecule is C=NOCC.CC.CO/N=C(\C)C1CCCCC1. The maximum absolute atomic E-state index is 4.74. The molecule has 0 aromatic carbocycles. The molecule has 1 aliphatic rings. The van der Waals surface area contributed by atoms with Crippen LogP contribution in [0.15, 0.2) is 10.3 Å². The number of hydrogen-bond donors (Lipinski definition) is 0. The third-order valence-electron chi connectivity index (χ3n) is 2.65. The Bertz CT molecular complexity index is 200. The van der Waals surface area contributed by atoms with Gasteiger partial charge < -0.3 is 9.68 Å². The second kappa shape index (κ2) is 15.9. The van der Waals surface area contributed by atoms with Gasteiger partial charge in [0.05, 0.1) is 5.71 Å². The fourth-order valence-electron chi connectivity index (χ4n) is 1.83. The van der Waals surface area contributed by atoms with Crippen LogP contribution in [0.5, 0.6) is 0 Å². The highest BCUT2D eigenvalue weighted by Crippen LogP contribution is 2.24. The molecule has 0 aromatic heterocycles. The third-order valence-corrected chi connectivity index (χ3v) is 2.65. The topological polar surface area (TPSA) is 43.2 Å². The Balaban J connectivity index is 0. The largest absolute Gasteiger partial charge is 0.399 e. The third kappa shape index (κ3) is 11.4. The summed E-state index contributed by atoms with van der Waals surface area (Å²) in [6.45, 7) is 11.6.